The second-order valence-corrected chi connectivity index (χ2v) is 11.4. The zero-order valence-corrected chi connectivity index (χ0v) is 24.4. The Kier molecular flexibility index (Phi) is 8.55. The van der Waals surface area contributed by atoms with Gasteiger partial charge in [0.05, 0.1) is 17.5 Å². The molecule has 1 aliphatic rings. The second-order valence-electron chi connectivity index (χ2n) is 11.4. The van der Waals surface area contributed by atoms with Gasteiger partial charge in [0.2, 0.25) is 0 Å². The van der Waals surface area contributed by atoms with Crippen molar-refractivity contribution >= 4 is 10.9 Å². The average molecular weight is 540 g/mol. The summed E-state index contributed by atoms with van der Waals surface area (Å²) in [5.74, 6) is 3.31. The summed E-state index contributed by atoms with van der Waals surface area (Å²) in [4.78, 5) is 21.8. The van der Waals surface area contributed by atoms with Crippen molar-refractivity contribution in [2.24, 2.45) is 5.92 Å². The van der Waals surface area contributed by atoms with Gasteiger partial charge >= 0.3 is 0 Å². The maximum absolute atomic E-state index is 14.2. The Balaban J connectivity index is 1.57. The highest BCUT2D eigenvalue weighted by molar-refractivity contribution is 5.81. The van der Waals surface area contributed by atoms with Crippen LogP contribution in [0.1, 0.15) is 51.2 Å². The van der Waals surface area contributed by atoms with E-state index in [9.17, 15) is 4.79 Å². The molecule has 1 fully saturated rings. The predicted octanol–water partition coefficient (Wildman–Crippen LogP) is 7.38. The molecule has 1 atom stereocenters. The fraction of sp³-hybridized carbons (Fsp3) is 0.412. The van der Waals surface area contributed by atoms with Crippen molar-refractivity contribution in [2.45, 2.75) is 66.5 Å². The number of fused-ring (bicyclic) bond motifs is 1. The van der Waals surface area contributed by atoms with Gasteiger partial charge in [-0.05, 0) is 114 Å². The van der Waals surface area contributed by atoms with E-state index in [4.69, 9.17) is 14.5 Å². The van der Waals surface area contributed by atoms with Crippen molar-refractivity contribution in [3.05, 3.63) is 82.1 Å². The van der Waals surface area contributed by atoms with E-state index in [-0.39, 0.29) is 5.56 Å². The molecule has 0 spiro atoms. The number of aryl methyl sites for hydroxylation is 2. The van der Waals surface area contributed by atoms with E-state index in [1.165, 1.54) is 5.56 Å². The van der Waals surface area contributed by atoms with Crippen molar-refractivity contribution in [1.29, 1.82) is 0 Å². The maximum atomic E-state index is 14.2. The van der Waals surface area contributed by atoms with Crippen molar-refractivity contribution in [2.75, 3.05) is 19.7 Å². The number of rotatable bonds is 9. The molecule has 3 aromatic carbocycles. The quantitative estimate of drug-likeness (QED) is 0.222. The first-order valence-corrected chi connectivity index (χ1v) is 14.6. The molecule has 5 rings (SSSR count). The fourth-order valence-electron chi connectivity index (χ4n) is 5.55. The molecule has 0 unspecified atom stereocenters. The smallest absolute Gasteiger partial charge is 0.261 e. The van der Waals surface area contributed by atoms with Crippen LogP contribution in [-0.2, 0) is 6.54 Å². The number of likely N-dealkylation sites (tertiary alicyclic amines) is 1. The lowest BCUT2D eigenvalue weighted by Crippen LogP contribution is -2.42. The average Bonchev–Trinajstić information content (AvgIpc) is 2.95. The van der Waals surface area contributed by atoms with E-state index in [1.807, 2.05) is 72.2 Å². The number of aromatic nitrogens is 2. The molecular weight excluding hydrogens is 498 g/mol. The third-order valence-corrected chi connectivity index (χ3v) is 7.82. The summed E-state index contributed by atoms with van der Waals surface area (Å²) in [6.07, 6.45) is 3.20. The lowest BCUT2D eigenvalue weighted by molar-refractivity contribution is 0.130. The van der Waals surface area contributed by atoms with Gasteiger partial charge in [0.1, 0.15) is 23.1 Å². The van der Waals surface area contributed by atoms with E-state index in [0.29, 0.717) is 47.6 Å². The van der Waals surface area contributed by atoms with E-state index < -0.39 is 0 Å². The lowest BCUT2D eigenvalue weighted by atomic mass is 9.96. The van der Waals surface area contributed by atoms with Crippen LogP contribution in [0.2, 0.25) is 0 Å². The molecule has 0 aliphatic carbocycles. The van der Waals surface area contributed by atoms with Crippen LogP contribution in [-0.4, -0.2) is 40.2 Å². The zero-order chi connectivity index (χ0) is 28.2. The number of ether oxygens (including phenoxy) is 2. The molecule has 0 N–H and O–H groups in total. The molecule has 40 heavy (non-hydrogen) atoms. The molecule has 6 nitrogen and oxygen atoms in total. The van der Waals surface area contributed by atoms with Gasteiger partial charge in [-0.3, -0.25) is 9.36 Å². The van der Waals surface area contributed by atoms with Crippen LogP contribution in [0.5, 0.6) is 17.2 Å². The van der Waals surface area contributed by atoms with Gasteiger partial charge in [-0.15, -0.1) is 0 Å². The normalized spacial score (nSPS) is 16.0. The van der Waals surface area contributed by atoms with Crippen molar-refractivity contribution in [3.63, 3.8) is 0 Å². The molecule has 4 aromatic rings. The van der Waals surface area contributed by atoms with Crippen molar-refractivity contribution < 1.29 is 9.47 Å². The molecule has 0 amide bonds. The van der Waals surface area contributed by atoms with Crippen LogP contribution in [0, 0.1) is 19.8 Å². The molecule has 0 saturated carbocycles. The molecule has 0 bridgehead atoms. The molecule has 0 radical (unpaired) electrons. The number of piperidine rings is 1. The van der Waals surface area contributed by atoms with Gasteiger partial charge in [-0.2, -0.15) is 0 Å². The molecule has 2 heterocycles. The molecule has 210 valence electrons. The number of hydrogen-bond donors (Lipinski definition) is 0. The highest BCUT2D eigenvalue weighted by Crippen LogP contribution is 2.30. The minimum absolute atomic E-state index is 0.0262. The standard InChI is InChI=1S/C34H41N3O3/c1-6-18-39-28-13-15-30(25(5)19-28)33-35-32-16-14-29(40-27-11-9-24(4)10-12-27)20-31(32)34(38)37(33)22-26-8-7-17-36(21-26)23(2)3/h9-16,19-20,23,26H,6-8,17-18,21-22H2,1-5H3/t26-/m0/s1. The SMILES string of the molecule is CCCOc1ccc(-c2nc3ccc(Oc4ccc(C)cc4)cc3c(=O)n2C[C@H]2CCCN(C(C)C)C2)c(C)c1. The van der Waals surface area contributed by atoms with Gasteiger partial charge in [0, 0.05) is 24.7 Å². The number of benzene rings is 3. The van der Waals surface area contributed by atoms with Crippen molar-refractivity contribution in [1.82, 2.24) is 14.5 Å². The van der Waals surface area contributed by atoms with Gasteiger partial charge in [0.25, 0.3) is 5.56 Å². The number of nitrogens with zero attached hydrogens (tertiary/aromatic N) is 3. The van der Waals surface area contributed by atoms with Crippen LogP contribution in [0.25, 0.3) is 22.3 Å². The number of hydrogen-bond acceptors (Lipinski definition) is 5. The van der Waals surface area contributed by atoms with E-state index >= 15 is 0 Å². The minimum atomic E-state index is -0.0262. The third kappa shape index (κ3) is 6.23. The molecule has 1 aliphatic heterocycles. The zero-order valence-electron chi connectivity index (χ0n) is 24.4. The monoisotopic (exact) mass is 539 g/mol. The minimum Gasteiger partial charge on any atom is -0.494 e. The summed E-state index contributed by atoms with van der Waals surface area (Å²) < 4.78 is 13.9. The first-order chi connectivity index (χ1) is 19.3. The van der Waals surface area contributed by atoms with Gasteiger partial charge in [-0.25, -0.2) is 4.98 Å². The predicted molar refractivity (Wildman–Crippen MR) is 163 cm³/mol. The molecule has 1 aromatic heterocycles. The van der Waals surface area contributed by atoms with Crippen LogP contribution >= 0.6 is 0 Å². The largest absolute Gasteiger partial charge is 0.494 e. The molecule has 6 heteroatoms. The first-order valence-electron chi connectivity index (χ1n) is 14.6. The Bertz CT molecular complexity index is 1520. The topological polar surface area (TPSA) is 56.6 Å². The van der Waals surface area contributed by atoms with Crippen LogP contribution in [0.3, 0.4) is 0 Å². The van der Waals surface area contributed by atoms with Gasteiger partial charge in [-0.1, -0.05) is 24.6 Å². The maximum Gasteiger partial charge on any atom is 0.261 e. The van der Waals surface area contributed by atoms with Crippen molar-refractivity contribution in [3.8, 4) is 28.6 Å². The Hall–Kier alpha value is -3.64. The van der Waals surface area contributed by atoms with E-state index in [1.54, 1.807) is 0 Å². The lowest BCUT2D eigenvalue weighted by Gasteiger charge is -2.36. The summed E-state index contributed by atoms with van der Waals surface area (Å²) in [6, 6.07) is 20.1. The Labute approximate surface area is 237 Å². The van der Waals surface area contributed by atoms with E-state index in [0.717, 1.165) is 55.0 Å². The Morgan fingerprint density at radius 3 is 2.45 bits per heavy atom. The summed E-state index contributed by atoms with van der Waals surface area (Å²) in [5, 5.41) is 0.574. The second kappa shape index (κ2) is 12.3. The van der Waals surface area contributed by atoms with Gasteiger partial charge < -0.3 is 14.4 Å². The summed E-state index contributed by atoms with van der Waals surface area (Å²) >= 11 is 0. The summed E-state index contributed by atoms with van der Waals surface area (Å²) in [5.41, 5.74) is 3.82. The Morgan fingerprint density at radius 1 is 0.975 bits per heavy atom. The fourth-order valence-corrected chi connectivity index (χ4v) is 5.55. The first kappa shape index (κ1) is 27.9. The molecular formula is C34H41N3O3. The summed E-state index contributed by atoms with van der Waals surface area (Å²) in [6.45, 7) is 14.1. The molecule has 1 saturated heterocycles. The Morgan fingerprint density at radius 2 is 1.73 bits per heavy atom. The van der Waals surface area contributed by atoms with E-state index in [2.05, 4.69) is 32.6 Å². The van der Waals surface area contributed by atoms with Crippen LogP contribution < -0.4 is 15.0 Å². The third-order valence-electron chi connectivity index (χ3n) is 7.82. The highest BCUT2D eigenvalue weighted by atomic mass is 16.5. The summed E-state index contributed by atoms with van der Waals surface area (Å²) in [7, 11) is 0. The van der Waals surface area contributed by atoms with Gasteiger partial charge in [0.15, 0.2) is 0 Å². The van der Waals surface area contributed by atoms with Crippen LogP contribution in [0.15, 0.2) is 65.5 Å². The highest BCUT2D eigenvalue weighted by Gasteiger charge is 2.25. The van der Waals surface area contributed by atoms with Crippen LogP contribution in [0.4, 0.5) is 0 Å².